The van der Waals surface area contributed by atoms with Crippen LogP contribution >= 0.6 is 0 Å². The zero-order valence-corrected chi connectivity index (χ0v) is 18.2. The van der Waals surface area contributed by atoms with Crippen molar-refractivity contribution >= 4 is 17.8 Å². The Hall–Kier alpha value is -1.67. The molecule has 0 radical (unpaired) electrons. The maximum absolute atomic E-state index is 13.1. The van der Waals surface area contributed by atoms with Crippen molar-refractivity contribution < 1.29 is 29.0 Å². The molecule has 170 valence electrons. The lowest BCUT2D eigenvalue weighted by molar-refractivity contribution is -0.144. The number of carboxylic acid groups (broad SMARTS) is 1. The van der Waals surface area contributed by atoms with Gasteiger partial charge in [-0.25, -0.2) is 0 Å². The predicted molar refractivity (Wildman–Crippen MR) is 109 cm³/mol. The van der Waals surface area contributed by atoms with Crippen LogP contribution in [0, 0.1) is 23.2 Å². The molecule has 8 nitrogen and oxygen atoms in total. The summed E-state index contributed by atoms with van der Waals surface area (Å²) in [6, 6.07) is 0. The summed E-state index contributed by atoms with van der Waals surface area (Å²) in [6.07, 6.45) is 6.22. The molecule has 0 unspecified atom stereocenters. The van der Waals surface area contributed by atoms with E-state index >= 15 is 0 Å². The van der Waals surface area contributed by atoms with Gasteiger partial charge in [0.1, 0.15) is 6.79 Å². The molecule has 1 heterocycles. The monoisotopic (exact) mass is 424 g/mol. The van der Waals surface area contributed by atoms with E-state index < -0.39 is 23.2 Å². The van der Waals surface area contributed by atoms with Gasteiger partial charge in [0.25, 0.3) is 0 Å². The highest BCUT2D eigenvalue weighted by molar-refractivity contribution is 5.89. The quantitative estimate of drug-likeness (QED) is 0.517. The second kappa shape index (κ2) is 10.1. The molecule has 5 atom stereocenters. The van der Waals surface area contributed by atoms with Gasteiger partial charge in [-0.2, -0.15) is 0 Å². The zero-order valence-electron chi connectivity index (χ0n) is 18.2. The number of nitrogens with zero attached hydrogens (tertiary/aromatic N) is 1. The van der Waals surface area contributed by atoms with Crippen LogP contribution in [0.5, 0.6) is 0 Å². The Morgan fingerprint density at radius 2 is 1.93 bits per heavy atom. The lowest BCUT2D eigenvalue weighted by atomic mass is 9.93. The first kappa shape index (κ1) is 23.0. The molecule has 3 aliphatic rings. The number of hydrogen-bond acceptors (Lipinski definition) is 5. The molecule has 0 aromatic carbocycles. The van der Waals surface area contributed by atoms with E-state index in [1.165, 1.54) is 0 Å². The maximum atomic E-state index is 13.1. The van der Waals surface area contributed by atoms with Crippen LogP contribution in [-0.4, -0.2) is 67.4 Å². The van der Waals surface area contributed by atoms with Gasteiger partial charge in [-0.15, -0.1) is 0 Å². The van der Waals surface area contributed by atoms with Gasteiger partial charge in [0.05, 0.1) is 23.4 Å². The van der Waals surface area contributed by atoms with Gasteiger partial charge >= 0.3 is 5.97 Å². The van der Waals surface area contributed by atoms with Crippen molar-refractivity contribution in [3.8, 4) is 0 Å². The number of hydrogen-bond donors (Lipinski definition) is 2. The third-order valence-corrected chi connectivity index (χ3v) is 7.17. The van der Waals surface area contributed by atoms with Crippen LogP contribution < -0.4 is 5.32 Å². The van der Waals surface area contributed by atoms with Crippen LogP contribution in [0.15, 0.2) is 0 Å². The molecule has 2 N–H and O–H groups in total. The minimum atomic E-state index is -0.838. The van der Waals surface area contributed by atoms with E-state index in [2.05, 4.69) is 5.32 Å². The van der Waals surface area contributed by atoms with Gasteiger partial charge < -0.3 is 24.8 Å². The highest BCUT2D eigenvalue weighted by Gasteiger charge is 2.60. The molecule has 0 spiro atoms. The van der Waals surface area contributed by atoms with Crippen LogP contribution in [0.4, 0.5) is 0 Å². The van der Waals surface area contributed by atoms with Gasteiger partial charge in [0.15, 0.2) is 0 Å². The third kappa shape index (κ3) is 5.14. The van der Waals surface area contributed by atoms with Gasteiger partial charge in [-0.3, -0.25) is 14.4 Å². The first-order chi connectivity index (χ1) is 14.4. The molecule has 2 aliphatic carbocycles. The lowest BCUT2D eigenvalue weighted by Gasteiger charge is -2.25. The number of carboxylic acids is 1. The van der Waals surface area contributed by atoms with Crippen LogP contribution in [0.25, 0.3) is 0 Å². The SMILES string of the molecule is CCOCO[C@@H]1C[C@H]2C(=O)NC[C@]3(C(=O)O)C[C@H]3CCCCCCN(C)C(=O)[C@@H]2C1. The number of aliphatic carboxylic acids is 1. The standard InChI is InChI=1S/C22H36N2O6/c1-3-29-14-30-16-10-17-18(11-16)20(26)24(2)9-7-5-4-6-8-15-12-22(15,21(27)28)13-23-19(17)25/h15-18H,3-14H2,1-2H3,(H,23,25)(H,27,28)/t15-,16-,17-,18-,22-/m1/s1. The van der Waals surface area contributed by atoms with Crippen molar-refractivity contribution in [3.05, 3.63) is 0 Å². The van der Waals surface area contributed by atoms with Gasteiger partial charge in [0.2, 0.25) is 11.8 Å². The highest BCUT2D eigenvalue weighted by atomic mass is 16.7. The van der Waals surface area contributed by atoms with Gasteiger partial charge in [-0.1, -0.05) is 19.3 Å². The van der Waals surface area contributed by atoms with Crippen LogP contribution in [-0.2, 0) is 23.9 Å². The normalized spacial score (nSPS) is 35.6. The van der Waals surface area contributed by atoms with Crippen LogP contribution in [0.3, 0.4) is 0 Å². The zero-order chi connectivity index (χ0) is 21.7. The molecule has 2 saturated carbocycles. The average Bonchev–Trinajstić information content (AvgIpc) is 3.28. The van der Waals surface area contributed by atoms with E-state index in [0.29, 0.717) is 32.4 Å². The molecule has 30 heavy (non-hydrogen) atoms. The average molecular weight is 425 g/mol. The van der Waals surface area contributed by atoms with Crippen LogP contribution in [0.2, 0.25) is 0 Å². The van der Waals surface area contributed by atoms with Crippen molar-refractivity contribution in [1.29, 1.82) is 0 Å². The Labute approximate surface area is 178 Å². The molecule has 1 saturated heterocycles. The molecule has 0 aromatic heterocycles. The molecule has 3 fully saturated rings. The van der Waals surface area contributed by atoms with Crippen LogP contribution in [0.1, 0.15) is 58.3 Å². The Kier molecular flexibility index (Phi) is 7.74. The summed E-state index contributed by atoms with van der Waals surface area (Å²) < 4.78 is 11.0. The largest absolute Gasteiger partial charge is 0.481 e. The lowest BCUT2D eigenvalue weighted by Crippen LogP contribution is -2.43. The maximum Gasteiger partial charge on any atom is 0.311 e. The fourth-order valence-electron chi connectivity index (χ4n) is 5.09. The van der Waals surface area contributed by atoms with Crippen molar-refractivity contribution in [2.45, 2.75) is 64.4 Å². The fourth-order valence-corrected chi connectivity index (χ4v) is 5.09. The molecule has 8 heteroatoms. The van der Waals surface area contributed by atoms with E-state index in [0.717, 1.165) is 32.1 Å². The molecular weight excluding hydrogens is 388 g/mol. The summed E-state index contributed by atoms with van der Waals surface area (Å²) in [5, 5.41) is 12.6. The molecule has 0 bridgehead atoms. The number of nitrogens with one attached hydrogen (secondary N) is 1. The Balaban J connectivity index is 1.72. The molecule has 2 amide bonds. The second-order valence-corrected chi connectivity index (χ2v) is 9.13. The van der Waals surface area contributed by atoms with Gasteiger partial charge in [0, 0.05) is 26.7 Å². The number of rotatable bonds is 5. The number of amides is 2. The summed E-state index contributed by atoms with van der Waals surface area (Å²) in [5.74, 6) is -1.89. The first-order valence-electron chi connectivity index (χ1n) is 11.3. The summed E-state index contributed by atoms with van der Waals surface area (Å²) in [4.78, 5) is 39.8. The Morgan fingerprint density at radius 1 is 1.20 bits per heavy atom. The molecule has 0 aromatic rings. The van der Waals surface area contributed by atoms with Crippen molar-refractivity contribution in [3.63, 3.8) is 0 Å². The smallest absolute Gasteiger partial charge is 0.311 e. The first-order valence-corrected chi connectivity index (χ1v) is 11.3. The van der Waals surface area contributed by atoms with E-state index in [4.69, 9.17) is 9.47 Å². The number of fused-ring (bicyclic) bond motifs is 2. The van der Waals surface area contributed by atoms with Crippen molar-refractivity contribution in [1.82, 2.24) is 10.2 Å². The number of carbonyl (C=O) groups excluding carboxylic acids is 2. The second-order valence-electron chi connectivity index (χ2n) is 9.13. The van der Waals surface area contributed by atoms with E-state index in [9.17, 15) is 19.5 Å². The topological polar surface area (TPSA) is 105 Å². The predicted octanol–water partition coefficient (Wildman–Crippen LogP) is 2.02. The van der Waals surface area contributed by atoms with Crippen molar-refractivity contribution in [2.75, 3.05) is 33.5 Å². The molecule has 3 rings (SSSR count). The number of ether oxygens (including phenoxy) is 2. The highest BCUT2D eigenvalue weighted by Crippen LogP contribution is 2.55. The van der Waals surface area contributed by atoms with E-state index in [1.807, 2.05) is 6.92 Å². The molecule has 1 aliphatic heterocycles. The Bertz CT molecular complexity index is 641. The summed E-state index contributed by atoms with van der Waals surface area (Å²) in [7, 11) is 1.80. The fraction of sp³-hybridized carbons (Fsp3) is 0.864. The summed E-state index contributed by atoms with van der Waals surface area (Å²) >= 11 is 0. The summed E-state index contributed by atoms with van der Waals surface area (Å²) in [5.41, 5.74) is -0.838. The number of carbonyl (C=O) groups is 3. The third-order valence-electron chi connectivity index (χ3n) is 7.17. The Morgan fingerprint density at radius 3 is 2.67 bits per heavy atom. The summed E-state index contributed by atoms with van der Waals surface area (Å²) in [6.45, 7) is 3.39. The van der Waals surface area contributed by atoms with E-state index in [1.54, 1.807) is 11.9 Å². The molecular formula is C22H36N2O6. The van der Waals surface area contributed by atoms with E-state index in [-0.39, 0.29) is 37.2 Å². The van der Waals surface area contributed by atoms with Gasteiger partial charge in [-0.05, 0) is 44.9 Å². The minimum Gasteiger partial charge on any atom is -0.481 e. The van der Waals surface area contributed by atoms with Crippen molar-refractivity contribution in [2.24, 2.45) is 23.2 Å². The minimum absolute atomic E-state index is 0.0234.